The maximum Gasteiger partial charge on any atom is 0.276 e. The zero-order valence-electron chi connectivity index (χ0n) is 16.7. The first-order chi connectivity index (χ1) is 13.7. The average Bonchev–Trinajstić information content (AvgIpc) is 2.67. The fraction of sp³-hybridized carbons (Fsp3) is 0.409. The number of nitrogens with two attached hydrogens (primary N) is 1. The minimum atomic E-state index is -3.71. The van der Waals surface area contributed by atoms with Gasteiger partial charge in [0, 0.05) is 25.9 Å². The normalized spacial score (nSPS) is 19.2. The summed E-state index contributed by atoms with van der Waals surface area (Å²) >= 11 is 0. The molecule has 7 heteroatoms. The van der Waals surface area contributed by atoms with Crippen LogP contribution in [0.25, 0.3) is 11.1 Å². The fourth-order valence-corrected chi connectivity index (χ4v) is 4.87. The van der Waals surface area contributed by atoms with Gasteiger partial charge >= 0.3 is 0 Å². The second-order valence-corrected chi connectivity index (χ2v) is 9.87. The molecule has 0 saturated carbocycles. The number of ketones is 1. The van der Waals surface area contributed by atoms with Crippen molar-refractivity contribution in [1.29, 1.82) is 0 Å². The number of carbonyl (C=O) groups is 1. The van der Waals surface area contributed by atoms with E-state index in [1.165, 1.54) is 9.87 Å². The number of fused-ring (bicyclic) bond motifs is 1. The van der Waals surface area contributed by atoms with Crippen LogP contribution in [0.3, 0.4) is 0 Å². The second kappa shape index (κ2) is 7.23. The van der Waals surface area contributed by atoms with Gasteiger partial charge in [0.15, 0.2) is 5.78 Å². The first-order valence-electron chi connectivity index (χ1n) is 9.91. The number of carbonyl (C=O) groups excluding carboxylic acids is 1. The summed E-state index contributed by atoms with van der Waals surface area (Å²) in [7, 11) is -3.71. The Morgan fingerprint density at radius 3 is 2.41 bits per heavy atom. The summed E-state index contributed by atoms with van der Waals surface area (Å²) in [6.45, 7) is 4.84. The molecule has 2 aliphatic heterocycles. The fourth-order valence-electron chi connectivity index (χ4n) is 4.18. The minimum absolute atomic E-state index is 0.0390. The second-order valence-electron chi connectivity index (χ2n) is 8.32. The van der Waals surface area contributed by atoms with E-state index in [-0.39, 0.29) is 25.3 Å². The zero-order valence-corrected chi connectivity index (χ0v) is 17.5. The molecular weight excluding hydrogens is 388 g/mol. The van der Waals surface area contributed by atoms with Crippen molar-refractivity contribution in [3.05, 3.63) is 53.6 Å². The quantitative estimate of drug-likeness (QED) is 0.833. The van der Waals surface area contributed by atoms with E-state index in [2.05, 4.69) is 26.0 Å². The van der Waals surface area contributed by atoms with Crippen LogP contribution in [0.4, 0.5) is 0 Å². The molecule has 0 unspecified atom stereocenters. The molecule has 0 radical (unpaired) electrons. The third kappa shape index (κ3) is 3.95. The molecule has 0 bridgehead atoms. The topological polar surface area (TPSA) is 89.7 Å². The van der Waals surface area contributed by atoms with Gasteiger partial charge < -0.3 is 4.74 Å². The van der Waals surface area contributed by atoms with Gasteiger partial charge in [-0.2, -0.15) is 12.7 Å². The lowest BCUT2D eigenvalue weighted by molar-refractivity contribution is 0.00594. The molecule has 0 aliphatic carbocycles. The molecule has 2 N–H and O–H groups in total. The van der Waals surface area contributed by atoms with Crippen molar-refractivity contribution < 1.29 is 17.9 Å². The van der Waals surface area contributed by atoms with E-state index >= 15 is 0 Å². The largest absolute Gasteiger partial charge is 0.486 e. The number of rotatable bonds is 3. The number of ether oxygens (including phenoxy) is 1. The Morgan fingerprint density at radius 2 is 1.76 bits per heavy atom. The van der Waals surface area contributed by atoms with Crippen LogP contribution in [0.15, 0.2) is 42.5 Å². The summed E-state index contributed by atoms with van der Waals surface area (Å²) in [4.78, 5) is 13.0. The smallest absolute Gasteiger partial charge is 0.276 e. The van der Waals surface area contributed by atoms with E-state index in [4.69, 9.17) is 9.88 Å². The monoisotopic (exact) mass is 414 g/mol. The van der Waals surface area contributed by atoms with Gasteiger partial charge in [0.2, 0.25) is 0 Å². The number of nitrogens with zero attached hydrogens (tertiary/aromatic N) is 1. The van der Waals surface area contributed by atoms with E-state index in [9.17, 15) is 13.2 Å². The van der Waals surface area contributed by atoms with Gasteiger partial charge in [0.25, 0.3) is 10.2 Å². The zero-order chi connectivity index (χ0) is 20.8. The van der Waals surface area contributed by atoms with Gasteiger partial charge in [0.05, 0.1) is 12.0 Å². The summed E-state index contributed by atoms with van der Waals surface area (Å²) < 4.78 is 30.6. The van der Waals surface area contributed by atoms with Crippen molar-refractivity contribution in [2.75, 3.05) is 13.1 Å². The van der Waals surface area contributed by atoms with Gasteiger partial charge in [-0.15, -0.1) is 0 Å². The van der Waals surface area contributed by atoms with Crippen LogP contribution < -0.4 is 9.88 Å². The van der Waals surface area contributed by atoms with E-state index in [1.54, 1.807) is 0 Å². The number of hydrogen-bond donors (Lipinski definition) is 1. The van der Waals surface area contributed by atoms with Crippen LogP contribution in [0.5, 0.6) is 5.75 Å². The Morgan fingerprint density at radius 1 is 1.07 bits per heavy atom. The first-order valence-corrected chi connectivity index (χ1v) is 11.4. The van der Waals surface area contributed by atoms with Gasteiger partial charge in [-0.05, 0) is 34.7 Å². The molecular formula is C22H26N2O4S. The Balaban J connectivity index is 1.59. The lowest BCUT2D eigenvalue weighted by atomic mass is 9.82. The molecule has 2 aromatic carbocycles. The summed E-state index contributed by atoms with van der Waals surface area (Å²) in [5.41, 5.74) is 3.27. The molecule has 1 fully saturated rings. The number of Topliss-reactive ketones (excluding diaryl/α,β-unsaturated/α-hetero) is 1. The predicted octanol–water partition coefficient (Wildman–Crippen LogP) is 3.48. The molecule has 4 rings (SSSR count). The molecule has 2 aliphatic rings. The highest BCUT2D eigenvalue weighted by Gasteiger charge is 2.44. The molecule has 2 aromatic rings. The van der Waals surface area contributed by atoms with Crippen LogP contribution in [-0.4, -0.2) is 37.2 Å². The highest BCUT2D eigenvalue weighted by molar-refractivity contribution is 7.86. The van der Waals surface area contributed by atoms with E-state index in [1.807, 2.05) is 30.3 Å². The Bertz CT molecular complexity index is 1050. The van der Waals surface area contributed by atoms with Gasteiger partial charge in [0.1, 0.15) is 11.4 Å². The van der Waals surface area contributed by atoms with Crippen LogP contribution in [-0.2, 0) is 10.2 Å². The molecule has 0 aromatic heterocycles. The highest BCUT2D eigenvalue weighted by Crippen LogP contribution is 2.41. The SMILES string of the molecule is CC(C)c1cccc(-c2ccc3c(c2)C(=O)CC2(CCN(S(N)(=O)=O)CC2)O3)c1. The van der Waals surface area contributed by atoms with Gasteiger partial charge in [-0.25, -0.2) is 5.14 Å². The van der Waals surface area contributed by atoms with Crippen LogP contribution in [0, 0.1) is 0 Å². The van der Waals surface area contributed by atoms with Gasteiger partial charge in [-0.1, -0.05) is 44.2 Å². The third-order valence-electron chi connectivity index (χ3n) is 5.97. The Hall–Kier alpha value is -2.22. The number of piperidine rings is 1. The van der Waals surface area contributed by atoms with Crippen molar-refractivity contribution in [3.8, 4) is 16.9 Å². The standard InChI is InChI=1S/C22H26N2O4S/c1-15(2)16-4-3-5-17(12-16)18-6-7-21-19(13-18)20(25)14-22(28-21)8-10-24(11-9-22)29(23,26)27/h3-7,12-13,15H,8-11,14H2,1-2H3,(H2,23,26,27). The Labute approximate surface area is 171 Å². The van der Waals surface area contributed by atoms with Crippen LogP contribution >= 0.6 is 0 Å². The lowest BCUT2D eigenvalue weighted by Gasteiger charge is -2.43. The third-order valence-corrected chi connectivity index (χ3v) is 7.05. The summed E-state index contributed by atoms with van der Waals surface area (Å²) in [6.07, 6.45) is 1.16. The highest BCUT2D eigenvalue weighted by atomic mass is 32.2. The molecule has 154 valence electrons. The molecule has 1 saturated heterocycles. The van der Waals surface area contributed by atoms with Crippen LogP contribution in [0.1, 0.15) is 54.9 Å². The van der Waals surface area contributed by atoms with Crippen molar-refractivity contribution in [2.45, 2.75) is 44.6 Å². The van der Waals surface area contributed by atoms with E-state index < -0.39 is 15.8 Å². The van der Waals surface area contributed by atoms with Crippen molar-refractivity contribution in [2.24, 2.45) is 5.14 Å². The molecule has 2 heterocycles. The Kier molecular flexibility index (Phi) is 5.01. The van der Waals surface area contributed by atoms with Crippen molar-refractivity contribution >= 4 is 16.0 Å². The molecule has 0 amide bonds. The molecule has 6 nitrogen and oxygen atoms in total. The van der Waals surface area contributed by atoms with Gasteiger partial charge in [-0.3, -0.25) is 4.79 Å². The average molecular weight is 415 g/mol. The summed E-state index contributed by atoms with van der Waals surface area (Å²) in [5.74, 6) is 1.05. The maximum absolute atomic E-state index is 13.0. The van der Waals surface area contributed by atoms with Crippen LogP contribution in [0.2, 0.25) is 0 Å². The lowest BCUT2D eigenvalue weighted by Crippen LogP contribution is -2.53. The summed E-state index contributed by atoms with van der Waals surface area (Å²) in [5, 5.41) is 5.22. The predicted molar refractivity (Wildman–Crippen MR) is 112 cm³/mol. The number of benzene rings is 2. The molecule has 0 atom stereocenters. The van der Waals surface area contributed by atoms with Crippen molar-refractivity contribution in [3.63, 3.8) is 0 Å². The van der Waals surface area contributed by atoms with E-state index in [0.29, 0.717) is 30.1 Å². The molecule has 1 spiro atoms. The maximum atomic E-state index is 13.0. The first kappa shape index (κ1) is 20.1. The number of hydrogen-bond acceptors (Lipinski definition) is 4. The van der Waals surface area contributed by atoms with E-state index in [0.717, 1.165) is 11.1 Å². The summed E-state index contributed by atoms with van der Waals surface area (Å²) in [6, 6.07) is 14.1. The van der Waals surface area contributed by atoms with Crippen molar-refractivity contribution in [1.82, 2.24) is 4.31 Å². The molecule has 29 heavy (non-hydrogen) atoms. The minimum Gasteiger partial charge on any atom is -0.486 e.